The van der Waals surface area contributed by atoms with Crippen LogP contribution in [0.15, 0.2) is 36.5 Å². The van der Waals surface area contributed by atoms with Gasteiger partial charge in [0, 0.05) is 63.9 Å². The molecule has 0 spiro atoms. The van der Waals surface area contributed by atoms with Gasteiger partial charge in [-0.15, -0.1) is 0 Å². The van der Waals surface area contributed by atoms with Crippen LogP contribution in [0, 0.1) is 5.82 Å². The number of alkyl halides is 1. The summed E-state index contributed by atoms with van der Waals surface area (Å²) < 4.78 is 37.2. The Morgan fingerprint density at radius 3 is 2.61 bits per heavy atom. The fourth-order valence-electron chi connectivity index (χ4n) is 5.37. The van der Waals surface area contributed by atoms with Crippen LogP contribution in [0.4, 0.5) is 14.6 Å². The lowest BCUT2D eigenvalue weighted by molar-refractivity contribution is -0.148. The first-order chi connectivity index (χ1) is 17.4. The van der Waals surface area contributed by atoms with E-state index in [4.69, 9.17) is 10.5 Å². The summed E-state index contributed by atoms with van der Waals surface area (Å²) in [6.07, 6.45) is 3.33. The number of benzene rings is 1. The van der Waals surface area contributed by atoms with Gasteiger partial charge in [0.15, 0.2) is 5.67 Å². The molecule has 0 bridgehead atoms. The minimum atomic E-state index is -1.84. The zero-order valence-electron chi connectivity index (χ0n) is 20.5. The van der Waals surface area contributed by atoms with Crippen molar-refractivity contribution in [2.45, 2.75) is 50.9 Å². The summed E-state index contributed by atoms with van der Waals surface area (Å²) in [6.45, 7) is 4.92. The molecule has 36 heavy (non-hydrogen) atoms. The van der Waals surface area contributed by atoms with Crippen LogP contribution in [0.1, 0.15) is 44.2 Å². The predicted octanol–water partition coefficient (Wildman–Crippen LogP) is 3.72. The van der Waals surface area contributed by atoms with Gasteiger partial charge in [0.1, 0.15) is 11.6 Å². The number of fused-ring (bicyclic) bond motifs is 1. The van der Waals surface area contributed by atoms with Crippen molar-refractivity contribution < 1.29 is 18.3 Å². The number of amides is 1. The second kappa shape index (κ2) is 10.0. The second-order valence-electron chi connectivity index (χ2n) is 9.68. The summed E-state index contributed by atoms with van der Waals surface area (Å²) in [7, 11) is 0. The number of pyridine rings is 1. The van der Waals surface area contributed by atoms with Crippen LogP contribution in [0.3, 0.4) is 0 Å². The van der Waals surface area contributed by atoms with Crippen molar-refractivity contribution in [1.82, 2.24) is 24.3 Å². The predicted molar refractivity (Wildman–Crippen MR) is 133 cm³/mol. The number of rotatable bonds is 6. The van der Waals surface area contributed by atoms with Crippen LogP contribution in [0.25, 0.3) is 11.0 Å². The lowest BCUT2D eigenvalue weighted by Crippen LogP contribution is -2.53. The Morgan fingerprint density at radius 1 is 1.17 bits per heavy atom. The average Bonchev–Trinajstić information content (AvgIpc) is 3.22. The van der Waals surface area contributed by atoms with Crippen molar-refractivity contribution in [2.24, 2.45) is 0 Å². The van der Waals surface area contributed by atoms with Gasteiger partial charge >= 0.3 is 0 Å². The van der Waals surface area contributed by atoms with Crippen molar-refractivity contribution in [3.05, 3.63) is 47.9 Å². The van der Waals surface area contributed by atoms with E-state index in [0.717, 1.165) is 11.1 Å². The molecular weight excluding hydrogens is 466 g/mol. The summed E-state index contributed by atoms with van der Waals surface area (Å²) in [4.78, 5) is 25.5. The number of nitrogen functional groups attached to an aromatic ring is 1. The Balaban J connectivity index is 1.21. The topological polar surface area (TPSA) is 89.5 Å². The molecule has 0 unspecified atom stereocenters. The molecule has 1 aromatic carbocycles. The molecular formula is C26H32F2N6O2. The molecule has 8 nitrogen and oxygen atoms in total. The average molecular weight is 499 g/mol. The summed E-state index contributed by atoms with van der Waals surface area (Å²) in [5.74, 6) is -0.289. The van der Waals surface area contributed by atoms with E-state index in [9.17, 15) is 9.18 Å². The van der Waals surface area contributed by atoms with E-state index in [2.05, 4.69) is 14.9 Å². The van der Waals surface area contributed by atoms with Gasteiger partial charge in [-0.1, -0.05) is 0 Å². The van der Waals surface area contributed by atoms with Crippen LogP contribution in [-0.4, -0.2) is 68.7 Å². The number of nitrogens with zero attached hydrogens (tertiary/aromatic N) is 5. The van der Waals surface area contributed by atoms with Crippen molar-refractivity contribution >= 4 is 22.8 Å². The molecule has 0 aliphatic carbocycles. The van der Waals surface area contributed by atoms with Gasteiger partial charge in [-0.2, -0.15) is 4.98 Å². The number of hydrogen-bond donors (Lipinski definition) is 1. The molecule has 3 aromatic rings. The first-order valence-electron chi connectivity index (χ1n) is 12.6. The zero-order valence-corrected chi connectivity index (χ0v) is 20.5. The van der Waals surface area contributed by atoms with Crippen molar-refractivity contribution in [1.29, 1.82) is 0 Å². The molecule has 10 heteroatoms. The van der Waals surface area contributed by atoms with Gasteiger partial charge < -0.3 is 15.4 Å². The highest BCUT2D eigenvalue weighted by Gasteiger charge is 2.45. The standard InChI is InChI=1S/C26H32F2N6O2/c1-2-36-25-31-21-16-19(27)3-4-22(21)34(25)20-6-11-33(12-7-20)24(35)26(28)8-13-32(14-9-26)17-18-5-10-30-23(29)15-18/h3-5,10,15-16,20H,2,6-9,11-14,17H2,1H3,(H2,29,30). The van der Waals surface area contributed by atoms with Crippen LogP contribution in [0.5, 0.6) is 6.01 Å². The molecule has 0 radical (unpaired) electrons. The molecule has 2 aliphatic heterocycles. The molecule has 0 saturated carbocycles. The van der Waals surface area contributed by atoms with Gasteiger partial charge in [0.05, 0.1) is 17.6 Å². The number of likely N-dealkylation sites (tertiary alicyclic amines) is 2. The third kappa shape index (κ3) is 4.86. The highest BCUT2D eigenvalue weighted by Crippen LogP contribution is 2.35. The van der Waals surface area contributed by atoms with Crippen LogP contribution < -0.4 is 10.5 Å². The third-order valence-electron chi connectivity index (χ3n) is 7.29. The minimum Gasteiger partial charge on any atom is -0.465 e. The molecule has 192 valence electrons. The minimum absolute atomic E-state index is 0.0382. The molecule has 2 saturated heterocycles. The summed E-state index contributed by atoms with van der Waals surface area (Å²) in [5.41, 5.74) is 6.30. The van der Waals surface area contributed by atoms with Gasteiger partial charge in [0.2, 0.25) is 0 Å². The summed E-state index contributed by atoms with van der Waals surface area (Å²) in [6, 6.07) is 8.74. The number of carbonyl (C=O) groups excluding carboxylic acids is 1. The van der Waals surface area contributed by atoms with E-state index in [0.29, 0.717) is 69.5 Å². The Labute approximate surface area is 209 Å². The Hall–Kier alpha value is -3.27. The lowest BCUT2D eigenvalue weighted by Gasteiger charge is -2.40. The van der Waals surface area contributed by atoms with E-state index < -0.39 is 11.6 Å². The Bertz CT molecular complexity index is 1230. The largest absolute Gasteiger partial charge is 0.465 e. The third-order valence-corrected chi connectivity index (χ3v) is 7.29. The van der Waals surface area contributed by atoms with Crippen LogP contribution in [0.2, 0.25) is 0 Å². The van der Waals surface area contributed by atoms with E-state index in [1.165, 1.54) is 12.1 Å². The maximum atomic E-state index is 15.8. The highest BCUT2D eigenvalue weighted by atomic mass is 19.1. The maximum absolute atomic E-state index is 15.8. The Morgan fingerprint density at radius 2 is 1.92 bits per heavy atom. The van der Waals surface area contributed by atoms with Crippen molar-refractivity contribution in [3.8, 4) is 6.01 Å². The van der Waals surface area contributed by atoms with Gasteiger partial charge in [-0.25, -0.2) is 13.8 Å². The SMILES string of the molecule is CCOc1nc2cc(F)ccc2n1C1CCN(C(=O)C2(F)CCN(Cc3ccnc(N)c3)CC2)CC1. The normalized spacial score (nSPS) is 19.0. The van der Waals surface area contributed by atoms with Gasteiger partial charge in [-0.05, 0) is 49.6 Å². The summed E-state index contributed by atoms with van der Waals surface area (Å²) in [5, 5.41) is 0. The number of carbonyl (C=O) groups is 1. The fraction of sp³-hybridized carbons (Fsp3) is 0.500. The van der Waals surface area contributed by atoms with E-state index in [1.807, 2.05) is 23.6 Å². The van der Waals surface area contributed by atoms with Crippen LogP contribution in [-0.2, 0) is 11.3 Å². The van der Waals surface area contributed by atoms with E-state index in [-0.39, 0.29) is 24.7 Å². The number of piperidine rings is 2. The fourth-order valence-corrected chi connectivity index (χ4v) is 5.37. The van der Waals surface area contributed by atoms with Crippen molar-refractivity contribution in [2.75, 3.05) is 38.5 Å². The second-order valence-corrected chi connectivity index (χ2v) is 9.68. The molecule has 0 atom stereocenters. The molecule has 5 rings (SSSR count). The first kappa shape index (κ1) is 24.4. The van der Waals surface area contributed by atoms with Crippen molar-refractivity contribution in [3.63, 3.8) is 0 Å². The lowest BCUT2D eigenvalue weighted by atomic mass is 9.90. The van der Waals surface area contributed by atoms with E-state index >= 15 is 4.39 Å². The number of aromatic nitrogens is 3. The Kier molecular flexibility index (Phi) is 6.79. The molecule has 2 aromatic heterocycles. The first-order valence-corrected chi connectivity index (χ1v) is 12.6. The number of ether oxygens (including phenoxy) is 1. The smallest absolute Gasteiger partial charge is 0.297 e. The monoisotopic (exact) mass is 498 g/mol. The highest BCUT2D eigenvalue weighted by molar-refractivity contribution is 5.85. The van der Waals surface area contributed by atoms with E-state index in [1.54, 1.807) is 17.2 Å². The molecule has 2 aliphatic rings. The number of nitrogens with two attached hydrogens (primary N) is 1. The maximum Gasteiger partial charge on any atom is 0.297 e. The molecule has 2 fully saturated rings. The number of imidazole rings is 1. The quantitative estimate of drug-likeness (QED) is 0.557. The summed E-state index contributed by atoms with van der Waals surface area (Å²) >= 11 is 0. The number of anilines is 1. The molecule has 4 heterocycles. The number of halogens is 2. The molecule has 2 N–H and O–H groups in total. The van der Waals surface area contributed by atoms with Gasteiger partial charge in [-0.3, -0.25) is 14.3 Å². The van der Waals surface area contributed by atoms with Gasteiger partial charge in [0.25, 0.3) is 11.9 Å². The van der Waals surface area contributed by atoms with Crippen LogP contribution >= 0.6 is 0 Å². The zero-order chi connectivity index (χ0) is 25.3. The molecule has 1 amide bonds. The number of hydrogen-bond acceptors (Lipinski definition) is 6.